The lowest BCUT2D eigenvalue weighted by Gasteiger charge is -2.16. The summed E-state index contributed by atoms with van der Waals surface area (Å²) < 4.78 is 0. The van der Waals surface area contributed by atoms with Gasteiger partial charge in [0.1, 0.15) is 12.2 Å². The van der Waals surface area contributed by atoms with Crippen molar-refractivity contribution >= 4 is 5.69 Å². The van der Waals surface area contributed by atoms with Crippen molar-refractivity contribution < 1.29 is 4.92 Å². The van der Waals surface area contributed by atoms with Crippen LogP contribution in [-0.4, -0.2) is 26.6 Å². The summed E-state index contributed by atoms with van der Waals surface area (Å²) in [6, 6.07) is 6.84. The van der Waals surface area contributed by atoms with Gasteiger partial charge in [-0.15, -0.1) is 0 Å². The third kappa shape index (κ3) is 3.61. The van der Waals surface area contributed by atoms with E-state index < -0.39 is 0 Å². The van der Waals surface area contributed by atoms with Crippen LogP contribution in [0.1, 0.15) is 30.8 Å². The Labute approximate surface area is 116 Å². The van der Waals surface area contributed by atoms with Gasteiger partial charge >= 0.3 is 0 Å². The standard InChI is InChI=1S/C13H17N5O2/c1-2-12(14-7-6-13-15-9-16-17-13)10-4-3-5-11(8-10)18(19)20/h3-5,8-9,12,14H,2,6-7H2,1H3,(H,15,16,17). The molecule has 0 aliphatic rings. The van der Waals surface area contributed by atoms with Gasteiger partial charge in [-0.2, -0.15) is 5.10 Å². The van der Waals surface area contributed by atoms with E-state index in [1.807, 2.05) is 13.0 Å². The summed E-state index contributed by atoms with van der Waals surface area (Å²) in [5, 5.41) is 20.8. The number of hydrogen-bond donors (Lipinski definition) is 2. The number of H-pyrrole nitrogens is 1. The maximum atomic E-state index is 10.8. The van der Waals surface area contributed by atoms with Gasteiger partial charge in [-0.05, 0) is 12.0 Å². The highest BCUT2D eigenvalue weighted by molar-refractivity contribution is 5.35. The average Bonchev–Trinajstić information content (AvgIpc) is 2.97. The van der Waals surface area contributed by atoms with E-state index >= 15 is 0 Å². The lowest BCUT2D eigenvalue weighted by molar-refractivity contribution is -0.384. The Bertz CT molecular complexity index is 556. The molecule has 0 fully saturated rings. The molecule has 0 amide bonds. The number of nitro groups is 1. The molecule has 1 atom stereocenters. The Morgan fingerprint density at radius 2 is 2.35 bits per heavy atom. The number of nitro benzene ring substituents is 1. The zero-order valence-corrected chi connectivity index (χ0v) is 11.2. The van der Waals surface area contributed by atoms with Gasteiger partial charge in [-0.3, -0.25) is 15.2 Å². The van der Waals surface area contributed by atoms with Crippen LogP contribution in [0.4, 0.5) is 5.69 Å². The van der Waals surface area contributed by atoms with Gasteiger partial charge in [0.15, 0.2) is 0 Å². The smallest absolute Gasteiger partial charge is 0.269 e. The predicted molar refractivity (Wildman–Crippen MR) is 74.2 cm³/mol. The normalized spacial score (nSPS) is 12.2. The molecule has 20 heavy (non-hydrogen) atoms. The van der Waals surface area contributed by atoms with Gasteiger partial charge in [-0.25, -0.2) is 4.98 Å². The van der Waals surface area contributed by atoms with Crippen molar-refractivity contribution in [3.05, 3.63) is 52.1 Å². The number of nitrogens with zero attached hydrogens (tertiary/aromatic N) is 3. The van der Waals surface area contributed by atoms with E-state index in [-0.39, 0.29) is 16.7 Å². The Kier molecular flexibility index (Phi) is 4.78. The van der Waals surface area contributed by atoms with Crippen LogP contribution in [0.25, 0.3) is 0 Å². The fourth-order valence-corrected chi connectivity index (χ4v) is 2.07. The minimum atomic E-state index is -0.370. The molecule has 1 aromatic heterocycles. The zero-order valence-electron chi connectivity index (χ0n) is 11.2. The number of benzene rings is 1. The van der Waals surface area contributed by atoms with Gasteiger partial charge in [0.2, 0.25) is 0 Å². The number of aromatic nitrogens is 3. The number of hydrogen-bond acceptors (Lipinski definition) is 5. The van der Waals surface area contributed by atoms with E-state index in [0.717, 1.165) is 30.8 Å². The third-order valence-corrected chi connectivity index (χ3v) is 3.11. The molecule has 0 aliphatic carbocycles. The van der Waals surface area contributed by atoms with Crippen LogP contribution in [-0.2, 0) is 6.42 Å². The van der Waals surface area contributed by atoms with E-state index in [1.54, 1.807) is 12.1 Å². The van der Waals surface area contributed by atoms with E-state index in [9.17, 15) is 10.1 Å². The first-order chi connectivity index (χ1) is 9.70. The number of non-ortho nitro benzene ring substituents is 1. The van der Waals surface area contributed by atoms with Crippen molar-refractivity contribution in [3.8, 4) is 0 Å². The number of aromatic amines is 1. The van der Waals surface area contributed by atoms with E-state index in [1.165, 1.54) is 12.4 Å². The molecular weight excluding hydrogens is 258 g/mol. The topological polar surface area (TPSA) is 96.7 Å². The number of nitrogens with one attached hydrogen (secondary N) is 2. The first-order valence-electron chi connectivity index (χ1n) is 6.52. The minimum Gasteiger partial charge on any atom is -0.310 e. The molecule has 0 saturated carbocycles. The number of rotatable bonds is 7. The fourth-order valence-electron chi connectivity index (χ4n) is 2.07. The molecule has 7 heteroatoms. The molecule has 0 spiro atoms. The summed E-state index contributed by atoms with van der Waals surface area (Å²) in [6.45, 7) is 2.78. The van der Waals surface area contributed by atoms with Crippen molar-refractivity contribution in [2.45, 2.75) is 25.8 Å². The van der Waals surface area contributed by atoms with E-state index in [4.69, 9.17) is 0 Å². The van der Waals surface area contributed by atoms with Gasteiger partial charge in [0.25, 0.3) is 5.69 Å². The van der Waals surface area contributed by atoms with E-state index in [2.05, 4.69) is 20.5 Å². The third-order valence-electron chi connectivity index (χ3n) is 3.11. The highest BCUT2D eigenvalue weighted by Crippen LogP contribution is 2.21. The fraction of sp³-hybridized carbons (Fsp3) is 0.385. The summed E-state index contributed by atoms with van der Waals surface area (Å²) in [5.41, 5.74) is 1.05. The molecule has 2 rings (SSSR count). The molecule has 2 aromatic rings. The highest BCUT2D eigenvalue weighted by Gasteiger charge is 2.12. The van der Waals surface area contributed by atoms with Gasteiger partial charge in [0.05, 0.1) is 4.92 Å². The van der Waals surface area contributed by atoms with Crippen molar-refractivity contribution in [1.29, 1.82) is 0 Å². The molecule has 7 nitrogen and oxygen atoms in total. The second-order valence-electron chi connectivity index (χ2n) is 4.45. The summed E-state index contributed by atoms with van der Waals surface area (Å²) in [7, 11) is 0. The van der Waals surface area contributed by atoms with Crippen LogP contribution < -0.4 is 5.32 Å². The van der Waals surface area contributed by atoms with Crippen LogP contribution >= 0.6 is 0 Å². The maximum Gasteiger partial charge on any atom is 0.269 e. The molecular formula is C13H17N5O2. The molecule has 0 aliphatic heterocycles. The lowest BCUT2D eigenvalue weighted by atomic mass is 10.0. The van der Waals surface area contributed by atoms with Gasteiger partial charge < -0.3 is 5.32 Å². The van der Waals surface area contributed by atoms with Crippen LogP contribution in [0.5, 0.6) is 0 Å². The van der Waals surface area contributed by atoms with Crippen molar-refractivity contribution in [1.82, 2.24) is 20.5 Å². The average molecular weight is 275 g/mol. The molecule has 0 bridgehead atoms. The van der Waals surface area contributed by atoms with Crippen LogP contribution in [0, 0.1) is 10.1 Å². The van der Waals surface area contributed by atoms with Gasteiger partial charge in [-0.1, -0.05) is 19.1 Å². The molecule has 106 valence electrons. The van der Waals surface area contributed by atoms with Crippen LogP contribution in [0.2, 0.25) is 0 Å². The summed E-state index contributed by atoms with van der Waals surface area (Å²) >= 11 is 0. The van der Waals surface area contributed by atoms with Gasteiger partial charge in [0, 0.05) is 31.1 Å². The zero-order chi connectivity index (χ0) is 14.4. The minimum absolute atomic E-state index is 0.0952. The molecule has 2 N–H and O–H groups in total. The van der Waals surface area contributed by atoms with Crippen LogP contribution in [0.15, 0.2) is 30.6 Å². The van der Waals surface area contributed by atoms with Crippen molar-refractivity contribution in [2.24, 2.45) is 0 Å². The Hall–Kier alpha value is -2.28. The Balaban J connectivity index is 1.97. The maximum absolute atomic E-state index is 10.8. The summed E-state index contributed by atoms with van der Waals surface area (Å²) in [5.74, 6) is 0.825. The highest BCUT2D eigenvalue weighted by atomic mass is 16.6. The monoisotopic (exact) mass is 275 g/mol. The largest absolute Gasteiger partial charge is 0.310 e. The van der Waals surface area contributed by atoms with E-state index in [0.29, 0.717) is 0 Å². The SMILES string of the molecule is CCC(NCCc1ncn[nH]1)c1cccc([N+](=O)[O-])c1. The second-order valence-corrected chi connectivity index (χ2v) is 4.45. The van der Waals surface area contributed by atoms with Crippen molar-refractivity contribution in [3.63, 3.8) is 0 Å². The summed E-state index contributed by atoms with van der Waals surface area (Å²) in [6.07, 6.45) is 3.08. The second kappa shape index (κ2) is 6.76. The Morgan fingerprint density at radius 1 is 1.50 bits per heavy atom. The quantitative estimate of drug-likeness (QED) is 0.595. The molecule has 1 aromatic carbocycles. The molecule has 1 unspecified atom stereocenters. The summed E-state index contributed by atoms with van der Waals surface area (Å²) in [4.78, 5) is 14.5. The molecule has 0 saturated heterocycles. The Morgan fingerprint density at radius 3 is 3.00 bits per heavy atom. The predicted octanol–water partition coefficient (Wildman–Crippen LogP) is 2.00. The lowest BCUT2D eigenvalue weighted by Crippen LogP contribution is -2.23. The first kappa shape index (κ1) is 14.1. The van der Waals surface area contributed by atoms with Crippen molar-refractivity contribution in [2.75, 3.05) is 6.54 Å². The molecule has 1 heterocycles. The van der Waals surface area contributed by atoms with Crippen LogP contribution in [0.3, 0.4) is 0 Å². The first-order valence-corrected chi connectivity index (χ1v) is 6.52. The molecule has 0 radical (unpaired) electrons.